The van der Waals surface area contributed by atoms with Crippen LogP contribution in [0.15, 0.2) is 30.9 Å². The Morgan fingerprint density at radius 1 is 1.04 bits per heavy atom. The summed E-state index contributed by atoms with van der Waals surface area (Å²) in [6, 6.07) is 4.06. The van der Waals surface area contributed by atoms with Gasteiger partial charge in [0.15, 0.2) is 0 Å². The largest absolute Gasteiger partial charge is 0.516 e. The van der Waals surface area contributed by atoms with Crippen molar-refractivity contribution in [2.75, 3.05) is 26.4 Å². The minimum Gasteiger partial charge on any atom is -0.478 e. The Balaban J connectivity index is 2.35. The molecular formula is C17H18O9. The zero-order valence-electron chi connectivity index (χ0n) is 14.1. The first-order chi connectivity index (χ1) is 12.3. The van der Waals surface area contributed by atoms with Gasteiger partial charge in [-0.1, -0.05) is 18.2 Å². The quantitative estimate of drug-likeness (QED) is 0.301. The highest BCUT2D eigenvalue weighted by atomic mass is 16.7. The number of hydrogen-bond donors (Lipinski definition) is 1. The van der Waals surface area contributed by atoms with Gasteiger partial charge in [0, 0.05) is 6.08 Å². The summed E-state index contributed by atoms with van der Waals surface area (Å²) < 4.78 is 18.7. The lowest BCUT2D eigenvalue weighted by atomic mass is 10.0. The second-order valence-electron chi connectivity index (χ2n) is 4.83. The van der Waals surface area contributed by atoms with Crippen LogP contribution in [-0.4, -0.2) is 55.6 Å². The Kier molecular flexibility index (Phi) is 8.51. The van der Waals surface area contributed by atoms with Crippen molar-refractivity contribution in [2.45, 2.75) is 6.92 Å². The molecule has 9 heteroatoms. The van der Waals surface area contributed by atoms with E-state index in [0.717, 1.165) is 6.08 Å². The van der Waals surface area contributed by atoms with Crippen LogP contribution in [0.2, 0.25) is 0 Å². The molecule has 1 aromatic carbocycles. The maximum Gasteiger partial charge on any atom is 0.516 e. The van der Waals surface area contributed by atoms with E-state index < -0.39 is 24.1 Å². The van der Waals surface area contributed by atoms with Gasteiger partial charge < -0.3 is 24.1 Å². The molecule has 0 fully saturated rings. The molecule has 0 saturated carbocycles. The van der Waals surface area contributed by atoms with Crippen LogP contribution in [0, 0.1) is 6.92 Å². The highest BCUT2D eigenvalue weighted by molar-refractivity contribution is 6.04. The van der Waals surface area contributed by atoms with Gasteiger partial charge in [-0.3, -0.25) is 0 Å². The number of aromatic carboxylic acids is 1. The minimum atomic E-state index is -1.32. The van der Waals surface area contributed by atoms with Gasteiger partial charge in [0.05, 0.1) is 24.3 Å². The molecule has 1 aromatic rings. The zero-order valence-corrected chi connectivity index (χ0v) is 14.1. The summed E-state index contributed by atoms with van der Waals surface area (Å²) in [6.07, 6.45) is -0.270. The maximum absolute atomic E-state index is 11.9. The molecule has 0 aliphatic carbocycles. The van der Waals surface area contributed by atoms with Crippen LogP contribution in [0.4, 0.5) is 4.79 Å². The second-order valence-corrected chi connectivity index (χ2v) is 4.83. The normalized spacial score (nSPS) is 9.88. The summed E-state index contributed by atoms with van der Waals surface area (Å²) in [5.41, 5.74) is 0.0954. The van der Waals surface area contributed by atoms with Crippen LogP contribution in [0.1, 0.15) is 26.3 Å². The molecule has 0 atom stereocenters. The van der Waals surface area contributed by atoms with Gasteiger partial charge >= 0.3 is 24.1 Å². The van der Waals surface area contributed by atoms with Crippen molar-refractivity contribution >= 4 is 24.1 Å². The molecule has 0 aromatic heterocycles. The number of benzene rings is 1. The topological polar surface area (TPSA) is 125 Å². The van der Waals surface area contributed by atoms with Crippen molar-refractivity contribution in [1.82, 2.24) is 0 Å². The molecule has 140 valence electrons. The number of carboxylic acid groups (broad SMARTS) is 1. The molecule has 1 rings (SSSR count). The third kappa shape index (κ3) is 7.14. The van der Waals surface area contributed by atoms with E-state index in [-0.39, 0.29) is 37.6 Å². The van der Waals surface area contributed by atoms with Crippen molar-refractivity contribution < 1.29 is 43.2 Å². The van der Waals surface area contributed by atoms with Crippen LogP contribution < -0.4 is 0 Å². The minimum absolute atomic E-state index is 0.0131. The SMILES string of the molecule is C=CC(=O)OCCOCCOC(=O)OC(=O)c1ccc(C)cc1C(=O)O. The number of carbonyl (C=O) groups excluding carboxylic acids is 3. The van der Waals surface area contributed by atoms with Gasteiger partial charge in [0.25, 0.3) is 0 Å². The summed E-state index contributed by atoms with van der Waals surface area (Å²) in [5, 5.41) is 9.09. The molecule has 0 unspecified atom stereocenters. The predicted molar refractivity (Wildman–Crippen MR) is 86.9 cm³/mol. The van der Waals surface area contributed by atoms with Crippen LogP contribution in [0.3, 0.4) is 0 Å². The third-order valence-electron chi connectivity index (χ3n) is 2.89. The van der Waals surface area contributed by atoms with Crippen LogP contribution in [-0.2, 0) is 23.7 Å². The van der Waals surface area contributed by atoms with Crippen molar-refractivity contribution in [3.63, 3.8) is 0 Å². The summed E-state index contributed by atoms with van der Waals surface area (Å²) in [5.74, 6) is -3.03. The lowest BCUT2D eigenvalue weighted by Gasteiger charge is -2.08. The van der Waals surface area contributed by atoms with Gasteiger partial charge in [-0.05, 0) is 19.1 Å². The standard InChI is InChI=1S/C17H18O9/c1-3-14(18)24-8-6-23-7-9-25-17(22)26-16(21)12-5-4-11(2)10-13(12)15(19)20/h3-5,10H,1,6-9H2,2H3,(H,19,20). The number of carboxylic acids is 1. The Morgan fingerprint density at radius 2 is 1.69 bits per heavy atom. The van der Waals surface area contributed by atoms with Gasteiger partial charge in [-0.2, -0.15) is 0 Å². The zero-order chi connectivity index (χ0) is 19.5. The van der Waals surface area contributed by atoms with Crippen molar-refractivity contribution in [1.29, 1.82) is 0 Å². The number of aryl methyl sites for hydroxylation is 1. The van der Waals surface area contributed by atoms with Crippen LogP contribution >= 0.6 is 0 Å². The summed E-state index contributed by atoms with van der Waals surface area (Å²) >= 11 is 0. The number of hydrogen-bond acceptors (Lipinski definition) is 8. The average molecular weight is 366 g/mol. The Bertz CT molecular complexity index is 693. The molecule has 26 heavy (non-hydrogen) atoms. The van der Waals surface area contributed by atoms with Crippen molar-refractivity contribution in [3.05, 3.63) is 47.5 Å². The first-order valence-electron chi connectivity index (χ1n) is 7.45. The molecule has 0 aliphatic heterocycles. The predicted octanol–water partition coefficient (Wildman–Crippen LogP) is 1.73. The molecule has 9 nitrogen and oxygen atoms in total. The average Bonchev–Trinajstić information content (AvgIpc) is 2.60. The second kappa shape index (κ2) is 10.6. The molecular weight excluding hydrogens is 348 g/mol. The summed E-state index contributed by atoms with van der Waals surface area (Å²) in [4.78, 5) is 45.2. The number of ether oxygens (including phenoxy) is 4. The fourth-order valence-electron chi connectivity index (χ4n) is 1.72. The van der Waals surface area contributed by atoms with E-state index in [1.54, 1.807) is 6.92 Å². The van der Waals surface area contributed by atoms with Crippen molar-refractivity contribution in [3.8, 4) is 0 Å². The first-order valence-corrected chi connectivity index (χ1v) is 7.45. The highest BCUT2D eigenvalue weighted by Crippen LogP contribution is 2.13. The van der Waals surface area contributed by atoms with E-state index in [9.17, 15) is 19.2 Å². The maximum atomic E-state index is 11.9. The fourth-order valence-corrected chi connectivity index (χ4v) is 1.72. The molecule has 0 amide bonds. The van der Waals surface area contributed by atoms with Crippen molar-refractivity contribution in [2.24, 2.45) is 0 Å². The van der Waals surface area contributed by atoms with E-state index in [1.165, 1.54) is 18.2 Å². The van der Waals surface area contributed by atoms with Gasteiger partial charge in [0.1, 0.15) is 13.2 Å². The van der Waals surface area contributed by atoms with E-state index in [4.69, 9.17) is 9.84 Å². The summed E-state index contributed by atoms with van der Waals surface area (Å²) in [6.45, 7) is 4.76. The van der Waals surface area contributed by atoms with E-state index in [1.807, 2.05) is 0 Å². The smallest absolute Gasteiger partial charge is 0.478 e. The van der Waals surface area contributed by atoms with Crippen LogP contribution in [0.25, 0.3) is 0 Å². The highest BCUT2D eigenvalue weighted by Gasteiger charge is 2.21. The molecule has 0 heterocycles. The fraction of sp³-hybridized carbons (Fsp3) is 0.294. The Hall–Kier alpha value is -3.20. The number of esters is 2. The van der Waals surface area contributed by atoms with Gasteiger partial charge in [-0.25, -0.2) is 19.2 Å². The van der Waals surface area contributed by atoms with Gasteiger partial charge in [-0.15, -0.1) is 0 Å². The number of rotatable bonds is 9. The van der Waals surface area contributed by atoms with E-state index >= 15 is 0 Å². The Morgan fingerprint density at radius 3 is 2.31 bits per heavy atom. The summed E-state index contributed by atoms with van der Waals surface area (Å²) in [7, 11) is 0. The monoisotopic (exact) mass is 366 g/mol. The molecule has 0 bridgehead atoms. The molecule has 0 saturated heterocycles. The molecule has 1 N–H and O–H groups in total. The van der Waals surface area contributed by atoms with Gasteiger partial charge in [0.2, 0.25) is 0 Å². The van der Waals surface area contributed by atoms with E-state index in [0.29, 0.717) is 5.56 Å². The first kappa shape index (κ1) is 20.8. The molecule has 0 spiro atoms. The lowest BCUT2D eigenvalue weighted by Crippen LogP contribution is -2.19. The van der Waals surface area contributed by atoms with E-state index in [2.05, 4.69) is 20.8 Å². The number of carbonyl (C=O) groups is 4. The molecule has 0 aliphatic rings. The van der Waals surface area contributed by atoms with Crippen LogP contribution in [0.5, 0.6) is 0 Å². The Labute approximate surface area is 149 Å². The molecule has 0 radical (unpaired) electrons. The lowest BCUT2D eigenvalue weighted by molar-refractivity contribution is -0.139. The third-order valence-corrected chi connectivity index (χ3v) is 2.89.